The Morgan fingerprint density at radius 3 is 2.33 bits per heavy atom. The predicted octanol–water partition coefficient (Wildman–Crippen LogP) is 2.50. The molecule has 2 aliphatic heterocycles. The summed E-state index contributed by atoms with van der Waals surface area (Å²) in [5.74, 6) is 1.35. The molecule has 142 valence electrons. The van der Waals surface area contributed by atoms with Gasteiger partial charge >= 0.3 is 0 Å². The zero-order valence-corrected chi connectivity index (χ0v) is 16.0. The minimum absolute atomic E-state index is 0.0702. The van der Waals surface area contributed by atoms with Gasteiger partial charge in [-0.2, -0.15) is 0 Å². The molecule has 2 aliphatic rings. The van der Waals surface area contributed by atoms with E-state index in [-0.39, 0.29) is 11.8 Å². The zero-order valence-electron chi connectivity index (χ0n) is 15.2. The molecule has 0 bridgehead atoms. The highest BCUT2D eigenvalue weighted by molar-refractivity contribution is 7.99. The van der Waals surface area contributed by atoms with Crippen molar-refractivity contribution in [2.45, 2.75) is 37.3 Å². The lowest BCUT2D eigenvalue weighted by Gasteiger charge is -2.27. The second-order valence-electron chi connectivity index (χ2n) is 6.79. The Hall–Kier alpha value is -2.35. The number of benzene rings is 1. The molecule has 0 radical (unpaired) electrons. The number of aromatic nitrogens is 3. The monoisotopic (exact) mass is 385 g/mol. The van der Waals surface area contributed by atoms with Crippen molar-refractivity contribution < 1.29 is 9.59 Å². The van der Waals surface area contributed by atoms with E-state index in [1.807, 2.05) is 30.3 Å². The standard InChI is InChI=1S/C19H23N5O2S/c25-16-9-10-17(26)23(16)13-14-27-19-21-20-18(22-11-5-2-6-12-22)24(19)15-7-3-1-4-8-15/h1,3-4,7-8H,2,5-6,9-14H2. The molecule has 2 aromatic rings. The van der Waals surface area contributed by atoms with Crippen molar-refractivity contribution in [1.82, 2.24) is 19.7 Å². The van der Waals surface area contributed by atoms with E-state index in [4.69, 9.17) is 0 Å². The summed E-state index contributed by atoms with van der Waals surface area (Å²) in [6, 6.07) is 10.1. The summed E-state index contributed by atoms with van der Waals surface area (Å²) in [6.07, 6.45) is 4.27. The Kier molecular flexibility index (Phi) is 5.42. The van der Waals surface area contributed by atoms with Crippen LogP contribution in [0.15, 0.2) is 35.5 Å². The summed E-state index contributed by atoms with van der Waals surface area (Å²) >= 11 is 1.53. The van der Waals surface area contributed by atoms with E-state index in [0.717, 1.165) is 29.9 Å². The predicted molar refractivity (Wildman–Crippen MR) is 104 cm³/mol. The molecule has 8 heteroatoms. The SMILES string of the molecule is O=C1CCC(=O)N1CCSc1nnc(N2CCCCC2)n1-c1ccccc1. The van der Waals surface area contributed by atoms with Gasteiger partial charge in [0.05, 0.1) is 5.69 Å². The lowest BCUT2D eigenvalue weighted by atomic mass is 10.1. The van der Waals surface area contributed by atoms with Gasteiger partial charge < -0.3 is 4.90 Å². The molecule has 7 nitrogen and oxygen atoms in total. The van der Waals surface area contributed by atoms with Crippen LogP contribution in [0.2, 0.25) is 0 Å². The molecular weight excluding hydrogens is 362 g/mol. The van der Waals surface area contributed by atoms with Crippen molar-refractivity contribution in [2.75, 3.05) is 30.3 Å². The second-order valence-corrected chi connectivity index (χ2v) is 7.85. The number of carbonyl (C=O) groups excluding carboxylic acids is 2. The van der Waals surface area contributed by atoms with Gasteiger partial charge in [0.15, 0.2) is 5.16 Å². The Morgan fingerprint density at radius 1 is 0.926 bits per heavy atom. The molecule has 0 saturated carbocycles. The van der Waals surface area contributed by atoms with Gasteiger partial charge in [-0.05, 0) is 31.4 Å². The normalized spacial score (nSPS) is 17.8. The maximum atomic E-state index is 11.8. The molecule has 0 unspecified atom stereocenters. The first-order valence-corrected chi connectivity index (χ1v) is 10.4. The fourth-order valence-corrected chi connectivity index (χ4v) is 4.43. The Bertz CT molecular complexity index is 801. The maximum Gasteiger partial charge on any atom is 0.232 e. The highest BCUT2D eigenvalue weighted by Crippen LogP contribution is 2.28. The lowest BCUT2D eigenvalue weighted by molar-refractivity contribution is -0.137. The first-order chi connectivity index (χ1) is 13.2. The quantitative estimate of drug-likeness (QED) is 0.562. The van der Waals surface area contributed by atoms with E-state index >= 15 is 0 Å². The van der Waals surface area contributed by atoms with Crippen LogP contribution in [-0.4, -0.2) is 56.9 Å². The van der Waals surface area contributed by atoms with Crippen molar-refractivity contribution in [3.8, 4) is 5.69 Å². The van der Waals surface area contributed by atoms with Gasteiger partial charge in [-0.25, -0.2) is 0 Å². The summed E-state index contributed by atoms with van der Waals surface area (Å²) in [7, 11) is 0. The number of piperidine rings is 1. The molecule has 2 saturated heterocycles. The second kappa shape index (κ2) is 8.12. The van der Waals surface area contributed by atoms with Gasteiger partial charge in [0.2, 0.25) is 17.8 Å². The summed E-state index contributed by atoms with van der Waals surface area (Å²) in [5, 5.41) is 9.68. The van der Waals surface area contributed by atoms with Crippen molar-refractivity contribution in [1.29, 1.82) is 0 Å². The third kappa shape index (κ3) is 3.85. The third-order valence-corrected chi connectivity index (χ3v) is 5.88. The van der Waals surface area contributed by atoms with Gasteiger partial charge in [-0.3, -0.25) is 19.1 Å². The smallest absolute Gasteiger partial charge is 0.232 e. The number of hydrogen-bond donors (Lipinski definition) is 0. The number of anilines is 1. The molecule has 1 aromatic carbocycles. The molecule has 2 amide bonds. The molecule has 1 aromatic heterocycles. The first kappa shape index (κ1) is 18.0. The van der Waals surface area contributed by atoms with Crippen LogP contribution in [0.25, 0.3) is 5.69 Å². The van der Waals surface area contributed by atoms with Gasteiger partial charge in [0.25, 0.3) is 0 Å². The molecular formula is C19H23N5O2S. The molecule has 0 atom stereocenters. The van der Waals surface area contributed by atoms with Crippen molar-refractivity contribution in [2.24, 2.45) is 0 Å². The average molecular weight is 385 g/mol. The average Bonchev–Trinajstić information content (AvgIpc) is 3.27. The maximum absolute atomic E-state index is 11.8. The van der Waals surface area contributed by atoms with E-state index < -0.39 is 0 Å². The number of thioether (sulfide) groups is 1. The van der Waals surface area contributed by atoms with Crippen LogP contribution in [0.5, 0.6) is 0 Å². The van der Waals surface area contributed by atoms with Gasteiger partial charge in [-0.15, -0.1) is 10.2 Å². The van der Waals surface area contributed by atoms with Crippen LogP contribution < -0.4 is 4.90 Å². The van der Waals surface area contributed by atoms with Crippen LogP contribution in [0.4, 0.5) is 5.95 Å². The minimum atomic E-state index is -0.0702. The van der Waals surface area contributed by atoms with Crippen molar-refractivity contribution in [3.63, 3.8) is 0 Å². The lowest BCUT2D eigenvalue weighted by Crippen LogP contribution is -2.32. The topological polar surface area (TPSA) is 71.3 Å². The van der Waals surface area contributed by atoms with Gasteiger partial charge in [-0.1, -0.05) is 30.0 Å². The van der Waals surface area contributed by atoms with Gasteiger partial charge in [0.1, 0.15) is 0 Å². The number of carbonyl (C=O) groups is 2. The number of imide groups is 1. The van der Waals surface area contributed by atoms with E-state index in [0.29, 0.717) is 25.1 Å². The summed E-state index contributed by atoms with van der Waals surface area (Å²) < 4.78 is 2.09. The zero-order chi connectivity index (χ0) is 18.6. The van der Waals surface area contributed by atoms with Crippen LogP contribution in [0.1, 0.15) is 32.1 Å². The molecule has 0 N–H and O–H groups in total. The third-order valence-electron chi connectivity index (χ3n) is 4.97. The molecule has 4 rings (SSSR count). The highest BCUT2D eigenvalue weighted by atomic mass is 32.2. The fraction of sp³-hybridized carbons (Fsp3) is 0.474. The van der Waals surface area contributed by atoms with Crippen LogP contribution in [-0.2, 0) is 9.59 Å². The summed E-state index contributed by atoms with van der Waals surface area (Å²) in [5.41, 5.74) is 1.03. The van der Waals surface area contributed by atoms with E-state index in [1.54, 1.807) is 0 Å². The number of rotatable bonds is 6. The molecule has 2 fully saturated rings. The van der Waals surface area contributed by atoms with E-state index in [9.17, 15) is 9.59 Å². The molecule has 0 spiro atoms. The number of hydrogen-bond acceptors (Lipinski definition) is 6. The Balaban J connectivity index is 1.54. The van der Waals surface area contributed by atoms with E-state index in [1.165, 1.54) is 35.9 Å². The molecule has 0 aliphatic carbocycles. The molecule has 27 heavy (non-hydrogen) atoms. The van der Waals surface area contributed by atoms with Gasteiger partial charge in [0, 0.05) is 38.2 Å². The van der Waals surface area contributed by atoms with Crippen molar-refractivity contribution >= 4 is 29.5 Å². The largest absolute Gasteiger partial charge is 0.341 e. The van der Waals surface area contributed by atoms with Crippen LogP contribution >= 0.6 is 11.8 Å². The summed E-state index contributed by atoms with van der Waals surface area (Å²) in [6.45, 7) is 2.40. The number of likely N-dealkylation sites (tertiary alicyclic amines) is 1. The summed E-state index contributed by atoms with van der Waals surface area (Å²) in [4.78, 5) is 27.2. The Morgan fingerprint density at radius 2 is 1.63 bits per heavy atom. The Labute approximate surface area is 162 Å². The van der Waals surface area contributed by atoms with Crippen molar-refractivity contribution in [3.05, 3.63) is 30.3 Å². The number of nitrogens with zero attached hydrogens (tertiary/aromatic N) is 5. The molecule has 3 heterocycles. The minimum Gasteiger partial charge on any atom is -0.341 e. The fourth-order valence-electron chi connectivity index (χ4n) is 3.56. The van der Waals surface area contributed by atoms with E-state index in [2.05, 4.69) is 19.7 Å². The van der Waals surface area contributed by atoms with Crippen LogP contribution in [0.3, 0.4) is 0 Å². The number of amides is 2. The first-order valence-electron chi connectivity index (χ1n) is 9.46. The highest BCUT2D eigenvalue weighted by Gasteiger charge is 2.28. The number of para-hydroxylation sites is 1. The van der Waals surface area contributed by atoms with Crippen LogP contribution in [0, 0.1) is 0 Å².